The van der Waals surface area contributed by atoms with Crippen LogP contribution in [0.2, 0.25) is 10.0 Å². The Morgan fingerprint density at radius 3 is 2.36 bits per heavy atom. The summed E-state index contributed by atoms with van der Waals surface area (Å²) in [4.78, 5) is 5.67. The molecular formula is C14H10Cl2F3N5S. The van der Waals surface area contributed by atoms with E-state index in [9.17, 15) is 13.2 Å². The third-order valence-corrected chi connectivity index (χ3v) is 3.94. The number of aromatic nitrogens is 2. The van der Waals surface area contributed by atoms with Gasteiger partial charge in [-0.3, -0.25) is 0 Å². The van der Waals surface area contributed by atoms with E-state index in [2.05, 4.69) is 10.1 Å². The van der Waals surface area contributed by atoms with E-state index in [1.54, 1.807) is 19.0 Å². The molecule has 0 fully saturated rings. The molecule has 25 heavy (non-hydrogen) atoms. The lowest BCUT2D eigenvalue weighted by Gasteiger charge is -2.12. The average Bonchev–Trinajstić information content (AvgIpc) is 2.85. The minimum atomic E-state index is -4.46. The van der Waals surface area contributed by atoms with Gasteiger partial charge in [-0.05, 0) is 23.9 Å². The fraction of sp³-hybridized carbons (Fsp3) is 0.214. The van der Waals surface area contributed by atoms with Crippen molar-refractivity contribution >= 4 is 47.1 Å². The molecule has 0 amide bonds. The van der Waals surface area contributed by atoms with Crippen LogP contribution in [0.4, 0.5) is 19.0 Å². The number of hydrogen-bond donors (Lipinski definition) is 0. The van der Waals surface area contributed by atoms with Gasteiger partial charge in [-0.25, -0.2) is 9.67 Å². The van der Waals surface area contributed by atoms with E-state index in [0.717, 1.165) is 12.1 Å². The zero-order valence-corrected chi connectivity index (χ0v) is 15.2. The Bertz CT molecular complexity index is 832. The van der Waals surface area contributed by atoms with Crippen molar-refractivity contribution in [2.45, 2.75) is 10.4 Å². The maximum absolute atomic E-state index is 12.5. The quantitative estimate of drug-likeness (QED) is 0.411. The van der Waals surface area contributed by atoms with Gasteiger partial charge in [0.1, 0.15) is 11.8 Å². The number of benzene rings is 1. The number of nitrogens with zero attached hydrogens (tertiary/aromatic N) is 5. The molecule has 5 nitrogen and oxygen atoms in total. The smallest absolute Gasteiger partial charge is 0.369 e. The van der Waals surface area contributed by atoms with Crippen LogP contribution >= 0.6 is 35.0 Å². The molecule has 0 unspecified atom stereocenters. The first-order chi connectivity index (χ1) is 11.6. The van der Waals surface area contributed by atoms with Gasteiger partial charge in [0.05, 0.1) is 16.4 Å². The third kappa shape index (κ3) is 5.04. The number of halogens is 5. The number of aliphatic imine (C=N–C) groups is 1. The second kappa shape index (κ2) is 7.56. The number of alkyl halides is 3. The van der Waals surface area contributed by atoms with Crippen LogP contribution < -0.4 is 0 Å². The largest absolute Gasteiger partial charge is 0.446 e. The molecule has 0 radical (unpaired) electrons. The van der Waals surface area contributed by atoms with Crippen molar-refractivity contribution in [3.63, 3.8) is 0 Å². The summed E-state index contributed by atoms with van der Waals surface area (Å²) < 4.78 is 38.8. The Balaban J connectivity index is 2.55. The number of nitriles is 1. The maximum Gasteiger partial charge on any atom is 0.446 e. The van der Waals surface area contributed by atoms with Crippen LogP contribution in [0.25, 0.3) is 5.69 Å². The first-order valence-electron chi connectivity index (χ1n) is 6.56. The van der Waals surface area contributed by atoms with Crippen LogP contribution in [0.5, 0.6) is 0 Å². The van der Waals surface area contributed by atoms with E-state index in [4.69, 9.17) is 28.5 Å². The van der Waals surface area contributed by atoms with Crippen LogP contribution in [0, 0.1) is 11.3 Å². The van der Waals surface area contributed by atoms with Gasteiger partial charge in [0.2, 0.25) is 0 Å². The highest BCUT2D eigenvalue weighted by atomic mass is 35.5. The average molecular weight is 408 g/mol. The van der Waals surface area contributed by atoms with Crippen molar-refractivity contribution < 1.29 is 13.2 Å². The van der Waals surface area contributed by atoms with Gasteiger partial charge in [0.15, 0.2) is 11.5 Å². The van der Waals surface area contributed by atoms with Crippen LogP contribution in [0.3, 0.4) is 0 Å². The fourth-order valence-corrected chi connectivity index (χ4v) is 3.19. The second-order valence-electron chi connectivity index (χ2n) is 4.90. The van der Waals surface area contributed by atoms with Crippen molar-refractivity contribution in [1.82, 2.24) is 14.7 Å². The monoisotopic (exact) mass is 407 g/mol. The highest BCUT2D eigenvalue weighted by molar-refractivity contribution is 8.00. The van der Waals surface area contributed by atoms with Crippen molar-refractivity contribution in [2.24, 2.45) is 4.99 Å². The van der Waals surface area contributed by atoms with Gasteiger partial charge in [0, 0.05) is 25.1 Å². The van der Waals surface area contributed by atoms with Gasteiger partial charge in [-0.1, -0.05) is 23.2 Å². The molecule has 11 heteroatoms. The lowest BCUT2D eigenvalue weighted by atomic mass is 10.3. The Kier molecular flexibility index (Phi) is 5.87. The van der Waals surface area contributed by atoms with Gasteiger partial charge in [-0.15, -0.1) is 0 Å². The Morgan fingerprint density at radius 1 is 1.28 bits per heavy atom. The molecule has 1 aromatic heterocycles. The summed E-state index contributed by atoms with van der Waals surface area (Å²) in [5.41, 5.74) is -4.26. The van der Waals surface area contributed by atoms with E-state index in [1.807, 2.05) is 6.07 Å². The number of hydrogen-bond acceptors (Lipinski definition) is 4. The number of thioether (sulfide) groups is 1. The molecule has 1 aromatic carbocycles. The van der Waals surface area contributed by atoms with Gasteiger partial charge >= 0.3 is 5.51 Å². The molecule has 2 rings (SSSR count). The molecule has 0 bridgehead atoms. The van der Waals surface area contributed by atoms with Crippen LogP contribution in [0.1, 0.15) is 5.69 Å². The maximum atomic E-state index is 12.5. The van der Waals surface area contributed by atoms with Gasteiger partial charge in [0.25, 0.3) is 0 Å². The summed E-state index contributed by atoms with van der Waals surface area (Å²) in [6.45, 7) is 0. The van der Waals surface area contributed by atoms with Crippen LogP contribution in [-0.4, -0.2) is 40.6 Å². The van der Waals surface area contributed by atoms with Crippen LogP contribution in [-0.2, 0) is 0 Å². The normalized spacial score (nSPS) is 11.8. The van der Waals surface area contributed by atoms with E-state index >= 15 is 0 Å². The molecule has 0 aliphatic carbocycles. The molecule has 0 aliphatic rings. The topological polar surface area (TPSA) is 57.2 Å². The minimum absolute atomic E-state index is 0.0480. The standard InChI is InChI=1S/C14H10Cl2F3N5S/c1-23(2)7-21-12-3-8(6-20)22-24(12)13-10(15)4-9(5-11(13)16)25-14(17,18)19/h3-5,7H,1-2H3. The molecule has 0 N–H and O–H groups in total. The molecule has 0 spiro atoms. The molecule has 0 atom stereocenters. The molecule has 0 saturated heterocycles. The Hall–Kier alpha value is -1.89. The summed E-state index contributed by atoms with van der Waals surface area (Å²) in [6.07, 6.45) is 1.48. The zero-order chi connectivity index (χ0) is 18.8. The van der Waals surface area contributed by atoms with Crippen molar-refractivity contribution in [3.8, 4) is 11.8 Å². The van der Waals surface area contributed by atoms with E-state index in [-0.39, 0.29) is 43.9 Å². The Morgan fingerprint density at radius 2 is 1.88 bits per heavy atom. The van der Waals surface area contributed by atoms with E-state index < -0.39 is 5.51 Å². The molecule has 0 aliphatic heterocycles. The predicted octanol–water partition coefficient (Wildman–Crippen LogP) is 4.88. The SMILES string of the molecule is CN(C)C=Nc1cc(C#N)nn1-c1c(Cl)cc(SC(F)(F)F)cc1Cl. The van der Waals surface area contributed by atoms with Crippen molar-refractivity contribution in [1.29, 1.82) is 5.26 Å². The highest BCUT2D eigenvalue weighted by Gasteiger charge is 2.30. The molecular weight excluding hydrogens is 398 g/mol. The molecule has 0 saturated carbocycles. The Labute approximate surface area is 155 Å². The summed E-state index contributed by atoms with van der Waals surface area (Å²) >= 11 is 11.9. The summed E-state index contributed by atoms with van der Waals surface area (Å²) in [5, 5.41) is 13.0. The summed E-state index contributed by atoms with van der Waals surface area (Å²) in [6, 6.07) is 5.54. The van der Waals surface area contributed by atoms with E-state index in [1.165, 1.54) is 17.1 Å². The van der Waals surface area contributed by atoms with Gasteiger partial charge in [-0.2, -0.15) is 23.5 Å². The van der Waals surface area contributed by atoms with Crippen molar-refractivity contribution in [3.05, 3.63) is 33.9 Å². The van der Waals surface area contributed by atoms with E-state index in [0.29, 0.717) is 0 Å². The first-order valence-corrected chi connectivity index (χ1v) is 8.14. The zero-order valence-electron chi connectivity index (χ0n) is 12.8. The van der Waals surface area contributed by atoms with Crippen LogP contribution in [0.15, 0.2) is 28.1 Å². The molecule has 132 valence electrons. The minimum Gasteiger partial charge on any atom is -0.369 e. The summed E-state index contributed by atoms with van der Waals surface area (Å²) in [5.74, 6) is 0.255. The predicted molar refractivity (Wildman–Crippen MR) is 92.1 cm³/mol. The lowest BCUT2D eigenvalue weighted by molar-refractivity contribution is -0.0328. The third-order valence-electron chi connectivity index (χ3n) is 2.66. The molecule has 1 heterocycles. The molecule has 2 aromatic rings. The summed E-state index contributed by atoms with van der Waals surface area (Å²) in [7, 11) is 3.50. The second-order valence-corrected chi connectivity index (χ2v) is 6.86. The highest BCUT2D eigenvalue weighted by Crippen LogP contribution is 2.41. The van der Waals surface area contributed by atoms with Gasteiger partial charge < -0.3 is 4.90 Å². The first kappa shape index (κ1) is 19.4. The fourth-order valence-electron chi connectivity index (χ4n) is 1.79. The van der Waals surface area contributed by atoms with Crippen molar-refractivity contribution in [2.75, 3.05) is 14.1 Å². The lowest BCUT2D eigenvalue weighted by Crippen LogP contribution is -2.08. The number of rotatable bonds is 4.